The van der Waals surface area contributed by atoms with Gasteiger partial charge in [0.2, 0.25) is 0 Å². The van der Waals surface area contributed by atoms with E-state index >= 15 is 0 Å². The molecular formula is C12H13Cl2NO. The second kappa shape index (κ2) is 4.64. The maximum Gasteiger partial charge on any atom is 0.254 e. The van der Waals surface area contributed by atoms with Gasteiger partial charge < -0.3 is 4.90 Å². The van der Waals surface area contributed by atoms with Crippen molar-refractivity contribution in [1.29, 1.82) is 0 Å². The number of carbonyl (C=O) groups is 1. The summed E-state index contributed by atoms with van der Waals surface area (Å²) in [5, 5.41) is 0.752. The molecule has 0 aliphatic carbocycles. The Balaban J connectivity index is 2.21. The molecule has 0 saturated carbocycles. The van der Waals surface area contributed by atoms with E-state index in [4.69, 9.17) is 23.2 Å². The second-order valence-electron chi connectivity index (χ2n) is 4.10. The molecule has 1 aliphatic heterocycles. The first-order chi connectivity index (χ1) is 7.58. The summed E-state index contributed by atoms with van der Waals surface area (Å²) in [5.74, 6) is 0.0531. The molecule has 0 N–H and O–H groups in total. The third kappa shape index (κ3) is 2.33. The first kappa shape index (κ1) is 11.7. The van der Waals surface area contributed by atoms with E-state index in [0.717, 1.165) is 24.1 Å². The Morgan fingerprint density at radius 2 is 2.25 bits per heavy atom. The lowest BCUT2D eigenvalue weighted by Gasteiger charge is -2.16. The summed E-state index contributed by atoms with van der Waals surface area (Å²) in [4.78, 5) is 13.9. The number of alkyl halides is 1. The van der Waals surface area contributed by atoms with Crippen LogP contribution < -0.4 is 0 Å². The number of rotatable bonds is 1. The summed E-state index contributed by atoms with van der Waals surface area (Å²) < 4.78 is 0. The predicted molar refractivity (Wildman–Crippen MR) is 66.4 cm³/mol. The summed E-state index contributed by atoms with van der Waals surface area (Å²) in [6.07, 6.45) is 0.875. The van der Waals surface area contributed by atoms with Crippen molar-refractivity contribution >= 4 is 29.1 Å². The van der Waals surface area contributed by atoms with Crippen molar-refractivity contribution in [3.63, 3.8) is 0 Å². The standard InChI is InChI=1S/C12H13Cl2NO/c1-8-6-9(13)2-3-11(8)12(16)15-5-4-10(14)7-15/h2-3,6,10H,4-5,7H2,1H3. The van der Waals surface area contributed by atoms with Gasteiger partial charge in [-0.15, -0.1) is 11.6 Å². The highest BCUT2D eigenvalue weighted by molar-refractivity contribution is 6.30. The van der Waals surface area contributed by atoms with Crippen molar-refractivity contribution < 1.29 is 4.79 Å². The van der Waals surface area contributed by atoms with E-state index in [0.29, 0.717) is 11.6 Å². The highest BCUT2D eigenvalue weighted by Gasteiger charge is 2.26. The molecule has 1 aliphatic rings. The molecule has 0 aromatic heterocycles. The summed E-state index contributed by atoms with van der Waals surface area (Å²) in [5.41, 5.74) is 1.63. The number of nitrogens with zero attached hydrogens (tertiary/aromatic N) is 1. The highest BCUT2D eigenvalue weighted by atomic mass is 35.5. The van der Waals surface area contributed by atoms with Crippen molar-refractivity contribution in [3.8, 4) is 0 Å². The minimum Gasteiger partial charge on any atom is -0.337 e. The number of halogens is 2. The number of likely N-dealkylation sites (tertiary alicyclic amines) is 1. The van der Waals surface area contributed by atoms with Crippen LogP contribution in [-0.4, -0.2) is 29.3 Å². The fraction of sp³-hybridized carbons (Fsp3) is 0.417. The molecular weight excluding hydrogens is 245 g/mol. The summed E-state index contributed by atoms with van der Waals surface area (Å²) in [6.45, 7) is 3.28. The van der Waals surface area contributed by atoms with Gasteiger partial charge in [-0.2, -0.15) is 0 Å². The Kier molecular flexibility index (Phi) is 3.41. The molecule has 1 atom stereocenters. The molecule has 86 valence electrons. The molecule has 1 saturated heterocycles. The molecule has 1 unspecified atom stereocenters. The maximum atomic E-state index is 12.1. The van der Waals surface area contributed by atoms with Crippen molar-refractivity contribution in [2.24, 2.45) is 0 Å². The van der Waals surface area contributed by atoms with E-state index in [9.17, 15) is 4.79 Å². The zero-order chi connectivity index (χ0) is 11.7. The molecule has 1 heterocycles. The van der Waals surface area contributed by atoms with Crippen LogP contribution >= 0.6 is 23.2 Å². The minimum absolute atomic E-state index is 0.0531. The third-order valence-electron chi connectivity index (χ3n) is 2.84. The number of carbonyl (C=O) groups excluding carboxylic acids is 1. The number of hydrogen-bond donors (Lipinski definition) is 0. The van der Waals surface area contributed by atoms with Crippen LogP contribution in [0.15, 0.2) is 18.2 Å². The zero-order valence-corrected chi connectivity index (χ0v) is 10.6. The van der Waals surface area contributed by atoms with Crippen LogP contribution in [0.5, 0.6) is 0 Å². The molecule has 0 spiro atoms. The first-order valence-corrected chi connectivity index (χ1v) is 6.09. The summed E-state index contributed by atoms with van der Waals surface area (Å²) in [7, 11) is 0. The zero-order valence-electron chi connectivity index (χ0n) is 9.04. The Bertz CT molecular complexity index is 419. The quantitative estimate of drug-likeness (QED) is 0.709. The Hall–Kier alpha value is -0.730. The van der Waals surface area contributed by atoms with E-state index in [2.05, 4.69) is 0 Å². The van der Waals surface area contributed by atoms with Crippen molar-refractivity contribution in [2.45, 2.75) is 18.7 Å². The van der Waals surface area contributed by atoms with Gasteiger partial charge in [-0.1, -0.05) is 11.6 Å². The van der Waals surface area contributed by atoms with E-state index < -0.39 is 0 Å². The first-order valence-electron chi connectivity index (χ1n) is 5.27. The predicted octanol–water partition coefficient (Wildman–Crippen LogP) is 3.10. The molecule has 16 heavy (non-hydrogen) atoms. The van der Waals surface area contributed by atoms with Crippen LogP contribution in [0.2, 0.25) is 5.02 Å². The number of amides is 1. The average Bonchev–Trinajstić information content (AvgIpc) is 2.64. The van der Waals surface area contributed by atoms with Crippen molar-refractivity contribution in [2.75, 3.05) is 13.1 Å². The fourth-order valence-electron chi connectivity index (χ4n) is 1.94. The van der Waals surface area contributed by atoms with E-state index in [1.54, 1.807) is 17.0 Å². The smallest absolute Gasteiger partial charge is 0.254 e. The van der Waals surface area contributed by atoms with Gasteiger partial charge in [-0.05, 0) is 37.1 Å². The van der Waals surface area contributed by atoms with Gasteiger partial charge in [-0.3, -0.25) is 4.79 Å². The molecule has 1 aromatic rings. The van der Waals surface area contributed by atoms with Crippen LogP contribution in [-0.2, 0) is 0 Å². The Morgan fingerprint density at radius 1 is 1.50 bits per heavy atom. The maximum absolute atomic E-state index is 12.1. The van der Waals surface area contributed by atoms with Gasteiger partial charge in [0.05, 0.1) is 5.38 Å². The van der Waals surface area contributed by atoms with Crippen LogP contribution in [0.1, 0.15) is 22.3 Å². The van der Waals surface area contributed by atoms with E-state index in [-0.39, 0.29) is 11.3 Å². The lowest BCUT2D eigenvalue weighted by atomic mass is 10.1. The monoisotopic (exact) mass is 257 g/mol. The van der Waals surface area contributed by atoms with Crippen LogP contribution in [0.3, 0.4) is 0 Å². The van der Waals surface area contributed by atoms with Gasteiger partial charge in [0.1, 0.15) is 0 Å². The molecule has 0 radical (unpaired) electrons. The number of benzene rings is 1. The van der Waals surface area contributed by atoms with Gasteiger partial charge >= 0.3 is 0 Å². The largest absolute Gasteiger partial charge is 0.337 e. The Labute approximate surface area is 105 Å². The molecule has 0 bridgehead atoms. The van der Waals surface area contributed by atoms with Gasteiger partial charge in [0.25, 0.3) is 5.91 Å². The van der Waals surface area contributed by atoms with Gasteiger partial charge in [-0.25, -0.2) is 0 Å². The molecule has 1 aromatic carbocycles. The lowest BCUT2D eigenvalue weighted by Crippen LogP contribution is -2.29. The number of aryl methyl sites for hydroxylation is 1. The SMILES string of the molecule is Cc1cc(Cl)ccc1C(=O)N1CCC(Cl)C1. The van der Waals surface area contributed by atoms with Gasteiger partial charge in [0, 0.05) is 23.7 Å². The summed E-state index contributed by atoms with van der Waals surface area (Å²) in [6, 6.07) is 5.33. The molecule has 1 amide bonds. The molecule has 1 fully saturated rings. The minimum atomic E-state index is 0.0531. The molecule has 2 rings (SSSR count). The normalized spacial score (nSPS) is 20.2. The Morgan fingerprint density at radius 3 is 2.81 bits per heavy atom. The topological polar surface area (TPSA) is 20.3 Å². The van der Waals surface area contributed by atoms with E-state index in [1.165, 1.54) is 0 Å². The van der Waals surface area contributed by atoms with Crippen LogP contribution in [0, 0.1) is 6.92 Å². The van der Waals surface area contributed by atoms with Crippen LogP contribution in [0.25, 0.3) is 0 Å². The van der Waals surface area contributed by atoms with Gasteiger partial charge in [0.15, 0.2) is 0 Å². The third-order valence-corrected chi connectivity index (χ3v) is 3.43. The van der Waals surface area contributed by atoms with Crippen molar-refractivity contribution in [1.82, 2.24) is 4.90 Å². The summed E-state index contributed by atoms with van der Waals surface area (Å²) >= 11 is 11.8. The fourth-order valence-corrected chi connectivity index (χ4v) is 2.43. The second-order valence-corrected chi connectivity index (χ2v) is 5.15. The van der Waals surface area contributed by atoms with E-state index in [1.807, 2.05) is 13.0 Å². The average molecular weight is 258 g/mol. The lowest BCUT2D eigenvalue weighted by molar-refractivity contribution is 0.0792. The molecule has 4 heteroatoms. The highest BCUT2D eigenvalue weighted by Crippen LogP contribution is 2.21. The van der Waals surface area contributed by atoms with Crippen molar-refractivity contribution in [3.05, 3.63) is 34.3 Å². The number of hydrogen-bond acceptors (Lipinski definition) is 1. The van der Waals surface area contributed by atoms with Crippen LogP contribution in [0.4, 0.5) is 0 Å². The molecule has 2 nitrogen and oxygen atoms in total.